The first-order valence-electron chi connectivity index (χ1n) is 8.40. The highest BCUT2D eigenvalue weighted by atomic mass is 35.5. The van der Waals surface area contributed by atoms with Gasteiger partial charge in [-0.15, -0.1) is 0 Å². The highest BCUT2D eigenvalue weighted by Gasteiger charge is 2.68. The number of halogens is 1. The molecule has 0 radical (unpaired) electrons. The van der Waals surface area contributed by atoms with E-state index < -0.39 is 22.7 Å². The zero-order chi connectivity index (χ0) is 17.2. The van der Waals surface area contributed by atoms with E-state index in [0.717, 1.165) is 18.4 Å². The van der Waals surface area contributed by atoms with E-state index in [4.69, 9.17) is 11.6 Å². The second kappa shape index (κ2) is 5.04. The fourth-order valence-electron chi connectivity index (χ4n) is 4.68. The Hall–Kier alpha value is -1.43. The van der Waals surface area contributed by atoms with E-state index in [1.54, 1.807) is 12.7 Å². The van der Waals surface area contributed by atoms with Gasteiger partial charge in [0.1, 0.15) is 23.8 Å². The van der Waals surface area contributed by atoms with Crippen LogP contribution in [0.5, 0.6) is 0 Å². The van der Waals surface area contributed by atoms with Gasteiger partial charge in [0, 0.05) is 10.4 Å². The van der Waals surface area contributed by atoms with Crippen LogP contribution >= 0.6 is 11.6 Å². The van der Waals surface area contributed by atoms with Gasteiger partial charge in [-0.1, -0.05) is 37.6 Å². The summed E-state index contributed by atoms with van der Waals surface area (Å²) < 4.78 is 3.83. The van der Waals surface area contributed by atoms with Gasteiger partial charge in [0.25, 0.3) is 0 Å². The molecule has 3 atom stereocenters. The van der Waals surface area contributed by atoms with E-state index in [2.05, 4.69) is 4.98 Å². The Morgan fingerprint density at radius 3 is 2.62 bits per heavy atom. The van der Waals surface area contributed by atoms with Crippen LogP contribution in [0.3, 0.4) is 0 Å². The summed E-state index contributed by atoms with van der Waals surface area (Å²) in [5, 5.41) is 24.1. The highest BCUT2D eigenvalue weighted by Crippen LogP contribution is 2.56. The summed E-state index contributed by atoms with van der Waals surface area (Å²) in [5.74, 6) is 0. The predicted molar refractivity (Wildman–Crippen MR) is 89.5 cm³/mol. The van der Waals surface area contributed by atoms with Gasteiger partial charge in [0.15, 0.2) is 0 Å². The smallest absolute Gasteiger partial charge is 0.306 e. The largest absolute Gasteiger partial charge is 0.384 e. The summed E-state index contributed by atoms with van der Waals surface area (Å²) in [6.07, 6.45) is 5.75. The van der Waals surface area contributed by atoms with Crippen LogP contribution < -0.4 is 4.68 Å². The Morgan fingerprint density at radius 2 is 1.92 bits per heavy atom. The molecule has 1 fully saturated rings. The van der Waals surface area contributed by atoms with Crippen molar-refractivity contribution < 1.29 is 14.9 Å². The monoisotopic (exact) mass is 348 g/mol. The minimum atomic E-state index is -1.26. The van der Waals surface area contributed by atoms with Gasteiger partial charge in [-0.25, -0.2) is 0 Å². The Kier molecular flexibility index (Phi) is 3.37. The Bertz CT molecular complexity index is 773. The number of hydrogen-bond acceptors (Lipinski definition) is 3. The topological polar surface area (TPSA) is 62.2 Å². The minimum absolute atomic E-state index is 0.334. The molecule has 1 aliphatic carbocycles. The quantitative estimate of drug-likeness (QED) is 0.776. The molecule has 1 aromatic carbocycles. The summed E-state index contributed by atoms with van der Waals surface area (Å²) in [6.45, 7) is 4.42. The van der Waals surface area contributed by atoms with Crippen molar-refractivity contribution in [3.8, 4) is 0 Å². The minimum Gasteiger partial charge on any atom is -0.384 e. The number of rotatable bonds is 1. The third-order valence-electron chi connectivity index (χ3n) is 6.17. The first kappa shape index (κ1) is 16.1. The molecule has 6 heteroatoms. The third kappa shape index (κ3) is 1.95. The maximum atomic E-state index is 11.8. The van der Waals surface area contributed by atoms with E-state index in [1.165, 1.54) is 0 Å². The van der Waals surface area contributed by atoms with Gasteiger partial charge in [-0.3, -0.25) is 0 Å². The number of fused-ring (bicyclic) bond motifs is 2. The van der Waals surface area contributed by atoms with Gasteiger partial charge >= 0.3 is 6.33 Å². The fourth-order valence-corrected chi connectivity index (χ4v) is 4.80. The molecule has 4 rings (SSSR count). The van der Waals surface area contributed by atoms with Crippen LogP contribution in [-0.2, 0) is 6.54 Å². The van der Waals surface area contributed by atoms with Crippen LogP contribution in [-0.4, -0.2) is 31.1 Å². The molecule has 0 bridgehead atoms. The van der Waals surface area contributed by atoms with Crippen molar-refractivity contribution in [3.63, 3.8) is 0 Å². The van der Waals surface area contributed by atoms with Crippen molar-refractivity contribution in [2.75, 3.05) is 0 Å². The number of aliphatic hydroxyl groups is 2. The molecule has 1 saturated carbocycles. The average molecular weight is 349 g/mol. The van der Waals surface area contributed by atoms with Crippen LogP contribution in [0.1, 0.15) is 44.7 Å². The van der Waals surface area contributed by atoms with Crippen LogP contribution in [0, 0.1) is 5.41 Å². The summed E-state index contributed by atoms with van der Waals surface area (Å²) in [4.78, 5) is 4.24. The van der Waals surface area contributed by atoms with E-state index >= 15 is 0 Å². The summed E-state index contributed by atoms with van der Waals surface area (Å²) >= 11 is 6.04. The normalized spacial score (nSPS) is 34.5. The van der Waals surface area contributed by atoms with E-state index in [1.807, 2.05) is 47.5 Å². The van der Waals surface area contributed by atoms with Gasteiger partial charge in [0.2, 0.25) is 6.33 Å². The SMILES string of the molecule is CC1(C)CCC[C@@]2(O)[C@@H](c3ccc(Cl)cc3)n3cnc[n+]3C[C@]12O. The summed E-state index contributed by atoms with van der Waals surface area (Å²) in [7, 11) is 0. The van der Waals surface area contributed by atoms with Crippen molar-refractivity contribution >= 4 is 11.6 Å². The van der Waals surface area contributed by atoms with Gasteiger partial charge in [-0.2, -0.15) is 9.36 Å². The van der Waals surface area contributed by atoms with Crippen molar-refractivity contribution in [2.24, 2.45) is 5.41 Å². The lowest BCUT2D eigenvalue weighted by atomic mass is 9.54. The lowest BCUT2D eigenvalue weighted by Crippen LogP contribution is -2.78. The molecule has 0 unspecified atom stereocenters. The van der Waals surface area contributed by atoms with Crippen molar-refractivity contribution in [1.29, 1.82) is 0 Å². The molecular formula is C18H23ClN3O2+. The maximum Gasteiger partial charge on any atom is 0.306 e. The van der Waals surface area contributed by atoms with E-state index in [9.17, 15) is 10.2 Å². The molecular weight excluding hydrogens is 326 g/mol. The number of nitrogens with zero attached hydrogens (tertiary/aromatic N) is 3. The van der Waals surface area contributed by atoms with Crippen molar-refractivity contribution in [2.45, 2.75) is 56.9 Å². The molecule has 2 aliphatic rings. The molecule has 5 nitrogen and oxygen atoms in total. The predicted octanol–water partition coefficient (Wildman–Crippen LogP) is 2.10. The Balaban J connectivity index is 1.95. The molecule has 2 heterocycles. The molecule has 2 N–H and O–H groups in total. The zero-order valence-electron chi connectivity index (χ0n) is 14.0. The lowest BCUT2D eigenvalue weighted by molar-refractivity contribution is -0.807. The summed E-state index contributed by atoms with van der Waals surface area (Å²) in [5.41, 5.74) is -1.97. The van der Waals surface area contributed by atoms with Gasteiger partial charge < -0.3 is 10.2 Å². The fraction of sp³-hybridized carbons (Fsp3) is 0.556. The van der Waals surface area contributed by atoms with Gasteiger partial charge in [-0.05, 0) is 41.9 Å². The van der Waals surface area contributed by atoms with Crippen LogP contribution in [0.2, 0.25) is 5.02 Å². The Morgan fingerprint density at radius 1 is 1.21 bits per heavy atom. The molecule has 2 aromatic rings. The highest BCUT2D eigenvalue weighted by molar-refractivity contribution is 6.30. The number of hydrogen-bond donors (Lipinski definition) is 2. The Labute approximate surface area is 146 Å². The number of aromatic nitrogens is 3. The molecule has 0 amide bonds. The van der Waals surface area contributed by atoms with E-state index in [-0.39, 0.29) is 0 Å². The van der Waals surface area contributed by atoms with Crippen LogP contribution in [0.25, 0.3) is 0 Å². The molecule has 1 aliphatic heterocycles. The van der Waals surface area contributed by atoms with Crippen molar-refractivity contribution in [3.05, 3.63) is 47.5 Å². The first-order chi connectivity index (χ1) is 11.3. The second-order valence-electron chi connectivity index (χ2n) is 7.83. The average Bonchev–Trinajstić information content (AvgIpc) is 2.95. The second-order valence-corrected chi connectivity index (χ2v) is 8.27. The summed E-state index contributed by atoms with van der Waals surface area (Å²) in [6, 6.07) is 7.08. The molecule has 0 saturated heterocycles. The standard InChI is InChI=1S/C18H23ClN3O2/c1-16(2)8-3-9-17(23)15(13-4-6-14(19)7-5-13)22-12-20-11-21(22)10-18(16,17)24/h4-7,11-12,15,23-24H,3,8-10H2,1-2H3/q+1/t15-,17-,18+/m1/s1. The van der Waals surface area contributed by atoms with Crippen molar-refractivity contribution in [1.82, 2.24) is 9.67 Å². The number of benzene rings is 1. The third-order valence-corrected chi connectivity index (χ3v) is 6.42. The van der Waals surface area contributed by atoms with Crippen LogP contribution in [0.15, 0.2) is 36.9 Å². The van der Waals surface area contributed by atoms with E-state index in [0.29, 0.717) is 18.0 Å². The molecule has 128 valence electrons. The molecule has 0 spiro atoms. The van der Waals surface area contributed by atoms with Crippen LogP contribution in [0.4, 0.5) is 0 Å². The molecule has 24 heavy (non-hydrogen) atoms. The first-order valence-corrected chi connectivity index (χ1v) is 8.78. The zero-order valence-corrected chi connectivity index (χ0v) is 14.7. The maximum absolute atomic E-state index is 11.8. The molecule has 1 aromatic heterocycles. The lowest BCUT2D eigenvalue weighted by Gasteiger charge is -2.59. The van der Waals surface area contributed by atoms with Gasteiger partial charge in [0.05, 0.1) is 0 Å².